The minimum atomic E-state index is -1.64. The van der Waals surface area contributed by atoms with E-state index in [0.717, 1.165) is 141 Å². The predicted octanol–water partition coefficient (Wildman–Crippen LogP) is 22.2. The molecule has 0 aliphatic carbocycles. The summed E-state index contributed by atoms with van der Waals surface area (Å²) in [6, 6.07) is 0. The zero-order valence-corrected chi connectivity index (χ0v) is 59.8. The Kier molecular flexibility index (Phi) is 67.9. The van der Waals surface area contributed by atoms with Crippen molar-refractivity contribution in [3.63, 3.8) is 0 Å². The molecule has 0 aromatic rings. The van der Waals surface area contributed by atoms with Gasteiger partial charge in [-0.2, -0.15) is 0 Å². The van der Waals surface area contributed by atoms with Crippen molar-refractivity contribution < 1.29 is 42.9 Å². The average molecular weight is 1290 g/mol. The number of carbonyl (C=O) groups is 3. The molecule has 0 heterocycles. The number of rotatable bonds is 66. The maximum atomic E-state index is 13.0. The molecular formula is C84H135NO8. The second kappa shape index (κ2) is 72.2. The van der Waals surface area contributed by atoms with Crippen molar-refractivity contribution in [3.8, 4) is 0 Å². The Morgan fingerprint density at radius 1 is 0.323 bits per heavy atom. The number of esters is 2. The summed E-state index contributed by atoms with van der Waals surface area (Å²) >= 11 is 0. The first kappa shape index (κ1) is 87.4. The standard InChI is InChI=1S/C84H135NO8/c1-6-8-10-12-14-16-18-20-22-24-26-28-30-32-34-36-38-40-41-43-44-46-48-50-52-54-56-58-60-62-64-66-68-70-72-74-81(86)91-78-80(79-92-84(83(88)89)90-77-76-85(3,4)5)93-82(87)75-73-71-69-67-65-63-61-59-57-55-53-51-49-47-45-42-39-37-35-33-31-29-27-25-23-21-19-17-15-13-11-9-7-2/h8-11,14-17,20-23,26-29,32-35,38-40,42-44,47,49,53,55,80,84H,6-7,12-13,18-19,24-25,30-31,36-37,41,45-46,48,50-52,54,56-79H2,1-5H3/b10-8-,11-9-,16-14-,17-15-,22-20-,23-21-,28-26-,29-27-,34-32-,35-33-,40-38-,42-39-,44-43-,49-47-,55-53-. The van der Waals surface area contributed by atoms with Gasteiger partial charge in [-0.05, 0) is 135 Å². The summed E-state index contributed by atoms with van der Waals surface area (Å²) in [5.74, 6) is -2.31. The van der Waals surface area contributed by atoms with Crippen LogP contribution in [0.4, 0.5) is 0 Å². The molecule has 2 atom stereocenters. The third-order valence-electron chi connectivity index (χ3n) is 15.1. The van der Waals surface area contributed by atoms with E-state index in [0.29, 0.717) is 17.4 Å². The van der Waals surface area contributed by atoms with Gasteiger partial charge in [0.1, 0.15) is 13.2 Å². The fourth-order valence-corrected chi connectivity index (χ4v) is 9.59. The Morgan fingerprint density at radius 3 is 0.860 bits per heavy atom. The third-order valence-corrected chi connectivity index (χ3v) is 15.1. The first-order valence-electron chi connectivity index (χ1n) is 36.9. The second-order valence-corrected chi connectivity index (χ2v) is 25.1. The van der Waals surface area contributed by atoms with Crippen LogP contribution in [0.5, 0.6) is 0 Å². The number of unbranched alkanes of at least 4 members (excludes halogenated alkanes) is 21. The Labute approximate surface area is 570 Å². The van der Waals surface area contributed by atoms with Gasteiger partial charge >= 0.3 is 11.9 Å². The normalized spacial score (nSPS) is 13.8. The summed E-state index contributed by atoms with van der Waals surface area (Å²) in [7, 11) is 5.92. The largest absolute Gasteiger partial charge is 0.545 e. The number of hydrogen-bond donors (Lipinski definition) is 0. The number of quaternary nitrogens is 1. The molecule has 0 saturated heterocycles. The second-order valence-electron chi connectivity index (χ2n) is 25.1. The fourth-order valence-electron chi connectivity index (χ4n) is 9.59. The zero-order valence-electron chi connectivity index (χ0n) is 59.8. The number of likely N-dealkylation sites (N-methyl/N-ethyl adjacent to an activating group) is 1. The molecule has 524 valence electrons. The van der Waals surface area contributed by atoms with Gasteiger partial charge in [0, 0.05) is 12.8 Å². The maximum Gasteiger partial charge on any atom is 0.306 e. The highest BCUT2D eigenvalue weighted by Gasteiger charge is 2.22. The molecule has 93 heavy (non-hydrogen) atoms. The van der Waals surface area contributed by atoms with Gasteiger partial charge in [-0.1, -0.05) is 305 Å². The van der Waals surface area contributed by atoms with E-state index < -0.39 is 24.3 Å². The van der Waals surface area contributed by atoms with Gasteiger partial charge in [-0.25, -0.2) is 0 Å². The van der Waals surface area contributed by atoms with E-state index in [4.69, 9.17) is 18.9 Å². The maximum absolute atomic E-state index is 13.0. The van der Waals surface area contributed by atoms with Gasteiger partial charge in [-0.15, -0.1) is 0 Å². The van der Waals surface area contributed by atoms with Crippen LogP contribution in [0, 0.1) is 0 Å². The van der Waals surface area contributed by atoms with E-state index >= 15 is 0 Å². The van der Waals surface area contributed by atoms with E-state index in [2.05, 4.69) is 196 Å². The number of carbonyl (C=O) groups excluding carboxylic acids is 3. The summed E-state index contributed by atoms with van der Waals surface area (Å²) in [4.78, 5) is 37.6. The van der Waals surface area contributed by atoms with Crippen LogP contribution in [-0.2, 0) is 33.3 Å². The Hall–Kier alpha value is -5.61. The van der Waals surface area contributed by atoms with E-state index in [1.165, 1.54) is 96.3 Å². The van der Waals surface area contributed by atoms with Gasteiger partial charge in [0.05, 0.1) is 40.3 Å². The smallest absolute Gasteiger partial charge is 0.306 e. The topological polar surface area (TPSA) is 111 Å². The molecule has 9 nitrogen and oxygen atoms in total. The number of aliphatic carboxylic acids is 1. The van der Waals surface area contributed by atoms with Crippen molar-refractivity contribution in [1.29, 1.82) is 0 Å². The molecule has 0 aromatic heterocycles. The number of hydrogen-bond acceptors (Lipinski definition) is 8. The van der Waals surface area contributed by atoms with Gasteiger partial charge < -0.3 is 33.3 Å². The number of carboxylic acid groups (broad SMARTS) is 1. The minimum absolute atomic E-state index is 0.137. The Balaban J connectivity index is 4.17. The zero-order chi connectivity index (χ0) is 67.5. The van der Waals surface area contributed by atoms with Crippen molar-refractivity contribution >= 4 is 17.9 Å². The number of nitrogens with zero attached hydrogens (tertiary/aromatic N) is 1. The van der Waals surface area contributed by atoms with Crippen molar-refractivity contribution in [3.05, 3.63) is 182 Å². The van der Waals surface area contributed by atoms with Crippen LogP contribution in [0.3, 0.4) is 0 Å². The molecular weight excluding hydrogens is 1150 g/mol. The lowest BCUT2D eigenvalue weighted by Gasteiger charge is -2.26. The molecule has 0 saturated carbocycles. The molecule has 9 heteroatoms. The molecule has 0 radical (unpaired) electrons. The third kappa shape index (κ3) is 73.7. The molecule has 2 unspecified atom stereocenters. The van der Waals surface area contributed by atoms with Crippen molar-refractivity contribution in [1.82, 2.24) is 0 Å². The lowest BCUT2D eigenvalue weighted by molar-refractivity contribution is -0.870. The molecule has 0 amide bonds. The van der Waals surface area contributed by atoms with Crippen molar-refractivity contribution in [2.45, 2.75) is 283 Å². The van der Waals surface area contributed by atoms with Crippen LogP contribution >= 0.6 is 0 Å². The van der Waals surface area contributed by atoms with E-state index in [9.17, 15) is 19.5 Å². The number of ether oxygens (including phenoxy) is 4. The lowest BCUT2D eigenvalue weighted by Crippen LogP contribution is -2.44. The highest BCUT2D eigenvalue weighted by atomic mass is 16.7. The fraction of sp³-hybridized carbons (Fsp3) is 0.607. The quantitative estimate of drug-likeness (QED) is 0.0195. The van der Waals surface area contributed by atoms with Crippen LogP contribution < -0.4 is 5.11 Å². The van der Waals surface area contributed by atoms with Crippen molar-refractivity contribution in [2.75, 3.05) is 47.5 Å². The molecule has 0 N–H and O–H groups in total. The number of carboxylic acids is 1. The summed E-state index contributed by atoms with van der Waals surface area (Å²) < 4.78 is 22.8. The van der Waals surface area contributed by atoms with E-state index in [1.54, 1.807) is 0 Å². The summed E-state index contributed by atoms with van der Waals surface area (Å²) in [5, 5.41) is 11.8. The minimum Gasteiger partial charge on any atom is -0.545 e. The number of allylic oxidation sites excluding steroid dienone is 30. The van der Waals surface area contributed by atoms with Crippen molar-refractivity contribution in [2.24, 2.45) is 0 Å². The Morgan fingerprint density at radius 2 is 0.581 bits per heavy atom. The highest BCUT2D eigenvalue weighted by molar-refractivity contribution is 5.70. The van der Waals surface area contributed by atoms with Crippen LogP contribution in [0.1, 0.15) is 271 Å². The lowest BCUT2D eigenvalue weighted by atomic mass is 10.0. The summed E-state index contributed by atoms with van der Waals surface area (Å²) in [6.45, 7) is 4.50. The molecule has 0 spiro atoms. The van der Waals surface area contributed by atoms with Crippen LogP contribution in [-0.4, -0.2) is 82.3 Å². The Bertz CT molecular complexity index is 2190. The van der Waals surface area contributed by atoms with E-state index in [1.807, 2.05) is 21.1 Å². The molecule has 0 aromatic carbocycles. The summed E-state index contributed by atoms with van der Waals surface area (Å²) in [6.07, 6.45) is 107. The monoisotopic (exact) mass is 1290 g/mol. The first-order valence-corrected chi connectivity index (χ1v) is 36.9. The SMILES string of the molecule is CC/C=C\C/C=C\C/C=C\C/C=C\C/C=C\C/C=C\C/C=C\C/C=C\CCCCCCCCCCC(=O)OC(COC(=O)CCCCCCCCCCCCCCC/C=C\C/C=C\C/C=C\C/C=C\C/C=C\C/C=C\C/C=C\CC)COC(OCC[N+](C)(C)C)C(=O)[O-]. The molecule has 0 aliphatic heterocycles. The molecule has 0 bridgehead atoms. The average Bonchev–Trinajstić information content (AvgIpc) is 3.74. The predicted molar refractivity (Wildman–Crippen MR) is 398 cm³/mol. The first-order chi connectivity index (χ1) is 45.6. The molecule has 0 aliphatic rings. The van der Waals surface area contributed by atoms with Crippen LogP contribution in [0.25, 0.3) is 0 Å². The van der Waals surface area contributed by atoms with Gasteiger partial charge in [-0.3, -0.25) is 9.59 Å². The van der Waals surface area contributed by atoms with Crippen LogP contribution in [0.15, 0.2) is 182 Å². The van der Waals surface area contributed by atoms with Gasteiger partial charge in [0.15, 0.2) is 12.4 Å². The van der Waals surface area contributed by atoms with Crippen LogP contribution in [0.2, 0.25) is 0 Å². The molecule has 0 rings (SSSR count). The highest BCUT2D eigenvalue weighted by Crippen LogP contribution is 2.16. The summed E-state index contributed by atoms with van der Waals surface area (Å²) in [5.41, 5.74) is 0. The van der Waals surface area contributed by atoms with Gasteiger partial charge in [0.2, 0.25) is 0 Å². The van der Waals surface area contributed by atoms with E-state index in [-0.39, 0.29) is 38.6 Å². The molecule has 0 fully saturated rings. The van der Waals surface area contributed by atoms with Gasteiger partial charge in [0.25, 0.3) is 0 Å².